The summed E-state index contributed by atoms with van der Waals surface area (Å²) in [5.41, 5.74) is 3.92. The minimum absolute atomic E-state index is 0.138. The molecule has 0 saturated carbocycles. The molecule has 2 aromatic heterocycles. The number of nitrogens with zero attached hydrogens (tertiary/aromatic N) is 4. The summed E-state index contributed by atoms with van der Waals surface area (Å²) >= 11 is 0. The summed E-state index contributed by atoms with van der Waals surface area (Å²) in [6.45, 7) is 6.43. The number of hydrogen-bond acceptors (Lipinski definition) is 4. The highest BCUT2D eigenvalue weighted by molar-refractivity contribution is 5.84. The lowest BCUT2D eigenvalue weighted by molar-refractivity contribution is -0.135. The molecule has 2 saturated heterocycles. The van der Waals surface area contributed by atoms with Gasteiger partial charge in [0.25, 0.3) is 5.56 Å². The van der Waals surface area contributed by atoms with Crippen molar-refractivity contribution in [2.24, 2.45) is 5.92 Å². The molecule has 7 heteroatoms. The molecule has 2 atom stereocenters. The predicted molar refractivity (Wildman–Crippen MR) is 135 cm³/mol. The molecule has 0 aliphatic carbocycles. The van der Waals surface area contributed by atoms with Gasteiger partial charge in [-0.2, -0.15) is 0 Å². The average molecular weight is 475 g/mol. The molecule has 3 aliphatic rings. The van der Waals surface area contributed by atoms with Crippen LogP contribution in [0.25, 0.3) is 10.9 Å². The first kappa shape index (κ1) is 22.6. The van der Waals surface area contributed by atoms with E-state index < -0.39 is 0 Å². The number of carbonyl (C=O) groups is 1. The van der Waals surface area contributed by atoms with Crippen LogP contribution in [0.4, 0.5) is 0 Å². The summed E-state index contributed by atoms with van der Waals surface area (Å²) in [6, 6.07) is 14.4. The van der Waals surface area contributed by atoms with Crippen molar-refractivity contribution in [2.45, 2.75) is 44.8 Å². The molecule has 5 heterocycles. The molecule has 0 unspecified atom stereocenters. The van der Waals surface area contributed by atoms with Gasteiger partial charge in [0.1, 0.15) is 0 Å². The Labute approximate surface area is 205 Å². The smallest absolute Gasteiger partial charge is 0.250 e. The van der Waals surface area contributed by atoms with Crippen LogP contribution in [0.1, 0.15) is 36.4 Å². The molecule has 6 rings (SSSR count). The van der Waals surface area contributed by atoms with Gasteiger partial charge in [-0.05, 0) is 42.9 Å². The number of fused-ring (bicyclic) bond motifs is 5. The number of benzene rings is 1. The second-order valence-electron chi connectivity index (χ2n) is 10.4. The van der Waals surface area contributed by atoms with E-state index in [0.717, 1.165) is 52.2 Å². The van der Waals surface area contributed by atoms with Gasteiger partial charge < -0.3 is 18.8 Å². The number of likely N-dealkylation sites (tertiary alicyclic amines) is 1. The number of amides is 1. The molecule has 2 bridgehead atoms. The van der Waals surface area contributed by atoms with E-state index in [1.54, 1.807) is 6.07 Å². The fourth-order valence-electron chi connectivity index (χ4n) is 6.37. The topological polar surface area (TPSA) is 59.7 Å². The van der Waals surface area contributed by atoms with E-state index in [9.17, 15) is 9.59 Å². The van der Waals surface area contributed by atoms with E-state index in [-0.39, 0.29) is 11.5 Å². The number of morpholine rings is 1. The van der Waals surface area contributed by atoms with E-state index in [2.05, 4.69) is 46.0 Å². The van der Waals surface area contributed by atoms with Crippen LogP contribution in [-0.4, -0.2) is 64.2 Å². The molecule has 2 fully saturated rings. The molecule has 1 amide bonds. The third-order valence-electron chi connectivity index (χ3n) is 7.98. The lowest BCUT2D eigenvalue weighted by atomic mass is 9.83. The molecule has 0 spiro atoms. The van der Waals surface area contributed by atoms with Crippen LogP contribution in [-0.2, 0) is 29.2 Å². The van der Waals surface area contributed by atoms with Gasteiger partial charge in [0, 0.05) is 73.9 Å². The highest BCUT2D eigenvalue weighted by Crippen LogP contribution is 2.35. The van der Waals surface area contributed by atoms with E-state index in [1.165, 1.54) is 28.6 Å². The standard InChI is InChI=1S/C28H34N4O3/c33-27(30-11-13-35-14-12-30)9-3-5-22-19-31(26-7-2-1-6-24(22)26)20-29-16-21-15-23(18-29)25-8-4-10-28(34)32(25)17-21/h1-2,4,6-8,10,19,21,23H,3,5,9,11-18,20H2/t21-,23+/m1/s1. The number of piperidine rings is 1. The zero-order chi connectivity index (χ0) is 23.8. The van der Waals surface area contributed by atoms with Gasteiger partial charge in [-0.1, -0.05) is 24.3 Å². The molecule has 0 radical (unpaired) electrons. The van der Waals surface area contributed by atoms with Crippen LogP contribution in [0, 0.1) is 5.92 Å². The van der Waals surface area contributed by atoms with Crippen molar-refractivity contribution in [3.05, 3.63) is 70.3 Å². The fraction of sp³-hybridized carbons (Fsp3) is 0.500. The normalized spacial score (nSPS) is 22.3. The van der Waals surface area contributed by atoms with Gasteiger partial charge in [0.15, 0.2) is 0 Å². The number of carbonyl (C=O) groups excluding carboxylic acids is 1. The summed E-state index contributed by atoms with van der Waals surface area (Å²) in [5, 5.41) is 1.29. The first-order chi connectivity index (χ1) is 17.2. The first-order valence-electron chi connectivity index (χ1n) is 13.0. The molecular formula is C28H34N4O3. The number of ether oxygens (including phenoxy) is 1. The lowest BCUT2D eigenvalue weighted by Gasteiger charge is -2.42. The number of aromatic nitrogens is 2. The molecule has 7 nitrogen and oxygen atoms in total. The van der Waals surface area contributed by atoms with Gasteiger partial charge in [-0.25, -0.2) is 0 Å². The van der Waals surface area contributed by atoms with Crippen LogP contribution in [0.2, 0.25) is 0 Å². The van der Waals surface area contributed by atoms with Crippen LogP contribution in [0.15, 0.2) is 53.5 Å². The number of rotatable bonds is 6. The van der Waals surface area contributed by atoms with Gasteiger partial charge in [-0.3, -0.25) is 14.5 Å². The van der Waals surface area contributed by atoms with Crippen LogP contribution >= 0.6 is 0 Å². The maximum Gasteiger partial charge on any atom is 0.250 e. The highest BCUT2D eigenvalue weighted by atomic mass is 16.5. The van der Waals surface area contributed by atoms with E-state index >= 15 is 0 Å². The predicted octanol–water partition coefficient (Wildman–Crippen LogP) is 3.06. The lowest BCUT2D eigenvalue weighted by Crippen LogP contribution is -2.47. The molecule has 1 aromatic carbocycles. The second kappa shape index (κ2) is 9.63. The Bertz CT molecular complexity index is 1270. The Hall–Kier alpha value is -2.90. The van der Waals surface area contributed by atoms with Gasteiger partial charge in [-0.15, -0.1) is 0 Å². The summed E-state index contributed by atoms with van der Waals surface area (Å²) in [6.07, 6.45) is 5.84. The van der Waals surface area contributed by atoms with Crippen molar-refractivity contribution >= 4 is 16.8 Å². The first-order valence-corrected chi connectivity index (χ1v) is 13.0. The van der Waals surface area contributed by atoms with Crippen LogP contribution in [0.5, 0.6) is 0 Å². The Balaban J connectivity index is 1.15. The maximum absolute atomic E-state index is 12.6. The monoisotopic (exact) mass is 474 g/mol. The third-order valence-corrected chi connectivity index (χ3v) is 7.98. The van der Waals surface area contributed by atoms with Crippen molar-refractivity contribution < 1.29 is 9.53 Å². The SMILES string of the molecule is O=C(CCCc1cn(CN2C[C@H]3C[C@@H](C2)c2cccc(=O)n2C3)c2ccccc12)N1CCOCC1. The number of para-hydroxylation sites is 1. The Morgan fingerprint density at radius 1 is 1.00 bits per heavy atom. The quantitative estimate of drug-likeness (QED) is 0.551. The summed E-state index contributed by atoms with van der Waals surface area (Å²) in [5.74, 6) is 1.19. The second-order valence-corrected chi connectivity index (χ2v) is 10.4. The summed E-state index contributed by atoms with van der Waals surface area (Å²) < 4.78 is 9.75. The van der Waals surface area contributed by atoms with Gasteiger partial charge >= 0.3 is 0 Å². The minimum Gasteiger partial charge on any atom is -0.378 e. The summed E-state index contributed by atoms with van der Waals surface area (Å²) in [4.78, 5) is 29.4. The zero-order valence-electron chi connectivity index (χ0n) is 20.3. The Kier molecular flexibility index (Phi) is 6.20. The molecular weight excluding hydrogens is 440 g/mol. The fourth-order valence-corrected chi connectivity index (χ4v) is 6.37. The Morgan fingerprint density at radius 3 is 2.74 bits per heavy atom. The van der Waals surface area contributed by atoms with Crippen molar-refractivity contribution in [2.75, 3.05) is 39.4 Å². The van der Waals surface area contributed by atoms with Crippen molar-refractivity contribution in [1.29, 1.82) is 0 Å². The van der Waals surface area contributed by atoms with Crippen LogP contribution < -0.4 is 5.56 Å². The number of pyridine rings is 1. The molecule has 35 heavy (non-hydrogen) atoms. The van der Waals surface area contributed by atoms with Gasteiger partial charge in [0.2, 0.25) is 5.91 Å². The molecule has 3 aromatic rings. The molecule has 3 aliphatic heterocycles. The number of aryl methyl sites for hydroxylation is 1. The number of hydrogen-bond donors (Lipinski definition) is 0. The van der Waals surface area contributed by atoms with Crippen molar-refractivity contribution in [3.8, 4) is 0 Å². The van der Waals surface area contributed by atoms with Crippen LogP contribution in [0.3, 0.4) is 0 Å². The molecule has 184 valence electrons. The van der Waals surface area contributed by atoms with E-state index in [4.69, 9.17) is 4.74 Å². The van der Waals surface area contributed by atoms with Gasteiger partial charge in [0.05, 0.1) is 19.9 Å². The highest BCUT2D eigenvalue weighted by Gasteiger charge is 2.34. The Morgan fingerprint density at radius 2 is 1.86 bits per heavy atom. The third kappa shape index (κ3) is 4.55. The van der Waals surface area contributed by atoms with Crippen molar-refractivity contribution in [1.82, 2.24) is 18.9 Å². The maximum atomic E-state index is 12.6. The minimum atomic E-state index is 0.138. The zero-order valence-corrected chi connectivity index (χ0v) is 20.3. The van der Waals surface area contributed by atoms with E-state index in [0.29, 0.717) is 31.5 Å². The van der Waals surface area contributed by atoms with E-state index in [1.807, 2.05) is 15.5 Å². The summed E-state index contributed by atoms with van der Waals surface area (Å²) in [7, 11) is 0. The molecule has 0 N–H and O–H groups in total. The average Bonchev–Trinajstić information content (AvgIpc) is 3.22. The van der Waals surface area contributed by atoms with Crippen molar-refractivity contribution in [3.63, 3.8) is 0 Å². The largest absolute Gasteiger partial charge is 0.378 e.